The van der Waals surface area contributed by atoms with Gasteiger partial charge in [-0.15, -0.1) is 95.1 Å². The van der Waals surface area contributed by atoms with Crippen LogP contribution in [0.2, 0.25) is 0 Å². The van der Waals surface area contributed by atoms with Crippen molar-refractivity contribution in [2.45, 2.75) is 0 Å². The smallest absolute Gasteiger partial charge is 0.373 e. The molecule has 5 nitrogen and oxygen atoms in total. The summed E-state index contributed by atoms with van der Waals surface area (Å²) >= 11 is 0. The van der Waals surface area contributed by atoms with Crippen LogP contribution in [0.5, 0.6) is 0 Å². The minimum absolute atomic E-state index is 0. The van der Waals surface area contributed by atoms with Gasteiger partial charge in [0.05, 0.1) is 11.6 Å². The number of nitrogens with zero attached hydrogens (tertiary/aromatic N) is 5. The van der Waals surface area contributed by atoms with E-state index in [0.717, 1.165) is 112 Å². The molecule has 0 unspecified atom stereocenters. The van der Waals surface area contributed by atoms with E-state index in [0.29, 0.717) is 0 Å². The van der Waals surface area contributed by atoms with Gasteiger partial charge in [-0.05, 0) is 85.1 Å². The van der Waals surface area contributed by atoms with Gasteiger partial charge in [-0.25, -0.2) is 0 Å². The minimum atomic E-state index is 0. The molecule has 0 N–H and O–H groups in total. The van der Waals surface area contributed by atoms with Crippen molar-refractivity contribution in [3.05, 3.63) is 262 Å². The molecule has 3 heterocycles. The number of aryl methyl sites for hydroxylation is 2. The maximum atomic E-state index is 5.08. The third kappa shape index (κ3) is 9.46. The van der Waals surface area contributed by atoms with Gasteiger partial charge in [0.2, 0.25) is 0 Å². The van der Waals surface area contributed by atoms with Gasteiger partial charge in [-0.3, -0.25) is 9.97 Å². The molecule has 348 valence electrons. The summed E-state index contributed by atoms with van der Waals surface area (Å²) in [7, 11) is 4.01. The molecule has 0 saturated carbocycles. The molecule has 0 bridgehead atoms. The standard InChI is InChI=1S/C67H46N5.Ir/c1-71-39-37-68-66(71)51-31-27-49(28-32-51)59-17-6-9-20-62(59)56-42-57(63-21-10-7-18-60(63)50-29-33-52(34-30-50)67-69-38-40-72(67)2)44-58(43-56)64-22-11-8-19-61(64)55-35-36-65(70-45-55)54-16-12-15-53(41-54)48-25-23-47(24-26-48)46-13-4-3-5-14-46;/h3-15,17-31,33,35-45H,1-2H3;/q-3;+3. The summed E-state index contributed by atoms with van der Waals surface area (Å²) < 4.78 is 4.04. The Kier molecular flexibility index (Phi) is 13.1. The number of hydrogen-bond acceptors (Lipinski definition) is 3. The van der Waals surface area contributed by atoms with Crippen molar-refractivity contribution in [1.82, 2.24) is 24.1 Å². The zero-order valence-corrected chi connectivity index (χ0v) is 42.6. The molecule has 0 saturated heterocycles. The van der Waals surface area contributed by atoms with Gasteiger partial charge in [-0.2, -0.15) is 0 Å². The van der Waals surface area contributed by atoms with E-state index < -0.39 is 0 Å². The first-order chi connectivity index (χ1) is 35.5. The topological polar surface area (TPSA) is 48.5 Å². The summed E-state index contributed by atoms with van der Waals surface area (Å²) in [6.45, 7) is 0. The van der Waals surface area contributed by atoms with Crippen LogP contribution in [0.1, 0.15) is 0 Å². The van der Waals surface area contributed by atoms with Gasteiger partial charge in [0.15, 0.2) is 0 Å². The molecule has 73 heavy (non-hydrogen) atoms. The Labute approximate surface area is 440 Å². The Morgan fingerprint density at radius 2 is 0.740 bits per heavy atom. The quantitative estimate of drug-likeness (QED) is 0.121. The van der Waals surface area contributed by atoms with E-state index in [2.05, 4.69) is 228 Å². The van der Waals surface area contributed by atoms with Crippen molar-refractivity contribution < 1.29 is 20.1 Å². The molecular weight excluding hydrogens is 1070 g/mol. The van der Waals surface area contributed by atoms with Gasteiger partial charge < -0.3 is 14.1 Å². The fourth-order valence-corrected chi connectivity index (χ4v) is 9.76. The first kappa shape index (κ1) is 46.6. The zero-order valence-electron chi connectivity index (χ0n) is 40.2. The normalized spacial score (nSPS) is 11.0. The first-order valence-corrected chi connectivity index (χ1v) is 24.1. The van der Waals surface area contributed by atoms with Crippen LogP contribution in [0.15, 0.2) is 243 Å². The Morgan fingerprint density at radius 1 is 0.329 bits per heavy atom. The Bertz CT molecular complexity index is 3710. The first-order valence-electron chi connectivity index (χ1n) is 24.1. The average molecular weight is 1110 g/mol. The largest absolute Gasteiger partial charge is 3.00 e. The molecule has 0 aliphatic rings. The second-order valence-corrected chi connectivity index (χ2v) is 18.0. The van der Waals surface area contributed by atoms with Crippen LogP contribution < -0.4 is 0 Å². The molecule has 0 aliphatic carbocycles. The summed E-state index contributed by atoms with van der Waals surface area (Å²) in [6, 6.07) is 86.0. The summed E-state index contributed by atoms with van der Waals surface area (Å²) in [6.07, 6.45) is 9.55. The van der Waals surface area contributed by atoms with Crippen molar-refractivity contribution in [1.29, 1.82) is 0 Å². The van der Waals surface area contributed by atoms with Crippen LogP contribution in [-0.2, 0) is 34.2 Å². The molecule has 12 rings (SSSR count). The molecule has 9 aromatic carbocycles. The Hall–Kier alpha value is -8.80. The SMILES string of the molecule is Cn1ccnc1-c1[c-]cc(-c2ccccc2-c2cc(-c3ccccc3-c3c[c-]c(-c4nccn4C)cc3)cc(-c3ccccc3-c3ccc(-c4[c-]ccc(-c5ccc(-c6ccccc6)cc5)c4)nc3)c2)cc1.[Ir+3]. The maximum absolute atomic E-state index is 5.08. The van der Waals surface area contributed by atoms with Crippen molar-refractivity contribution >= 4 is 0 Å². The van der Waals surface area contributed by atoms with Gasteiger partial charge in [-0.1, -0.05) is 162 Å². The van der Waals surface area contributed by atoms with Crippen LogP contribution in [0.4, 0.5) is 0 Å². The zero-order chi connectivity index (χ0) is 48.4. The van der Waals surface area contributed by atoms with Gasteiger partial charge in [0, 0.05) is 45.1 Å². The molecule has 3 aromatic heterocycles. The fraction of sp³-hybridized carbons (Fsp3) is 0.0299. The third-order valence-electron chi connectivity index (χ3n) is 13.5. The van der Waals surface area contributed by atoms with Crippen molar-refractivity contribution in [2.75, 3.05) is 0 Å². The molecule has 0 fully saturated rings. The molecule has 0 aliphatic heterocycles. The predicted octanol–water partition coefficient (Wildman–Crippen LogP) is 16.3. The summed E-state index contributed by atoms with van der Waals surface area (Å²) in [4.78, 5) is 14.2. The van der Waals surface area contributed by atoms with Gasteiger partial charge in [0.25, 0.3) is 0 Å². The van der Waals surface area contributed by atoms with Crippen LogP contribution in [-0.4, -0.2) is 24.1 Å². The number of hydrogen-bond donors (Lipinski definition) is 0. The van der Waals surface area contributed by atoms with E-state index in [4.69, 9.17) is 4.98 Å². The number of rotatable bonds is 11. The van der Waals surface area contributed by atoms with Crippen molar-refractivity contribution in [3.8, 4) is 123 Å². The van der Waals surface area contributed by atoms with Crippen LogP contribution in [0.3, 0.4) is 0 Å². The number of imidazole rings is 2. The maximum Gasteiger partial charge on any atom is 3.00 e. The van der Waals surface area contributed by atoms with Crippen LogP contribution in [0.25, 0.3) is 123 Å². The van der Waals surface area contributed by atoms with E-state index in [1.165, 1.54) is 11.1 Å². The molecule has 0 radical (unpaired) electrons. The summed E-state index contributed by atoms with van der Waals surface area (Å²) in [5.74, 6) is 1.76. The van der Waals surface area contributed by atoms with Crippen LogP contribution in [0, 0.1) is 18.2 Å². The minimum Gasteiger partial charge on any atom is -0.373 e. The molecule has 0 spiro atoms. The molecule has 6 heteroatoms. The predicted molar refractivity (Wildman–Crippen MR) is 294 cm³/mol. The van der Waals surface area contributed by atoms with E-state index in [1.807, 2.05) is 66.3 Å². The Balaban J connectivity index is 0.00000574. The second kappa shape index (κ2) is 20.5. The molecule has 0 atom stereocenters. The number of pyridine rings is 1. The van der Waals surface area contributed by atoms with Crippen molar-refractivity contribution in [2.24, 2.45) is 14.1 Å². The van der Waals surface area contributed by atoms with E-state index in [9.17, 15) is 0 Å². The third-order valence-corrected chi connectivity index (χ3v) is 13.5. The van der Waals surface area contributed by atoms with Crippen molar-refractivity contribution in [3.63, 3.8) is 0 Å². The second-order valence-electron chi connectivity index (χ2n) is 18.0. The van der Waals surface area contributed by atoms with E-state index in [-0.39, 0.29) is 20.1 Å². The molecule has 0 amide bonds. The van der Waals surface area contributed by atoms with Gasteiger partial charge in [0.1, 0.15) is 0 Å². The molecule has 12 aromatic rings. The fourth-order valence-electron chi connectivity index (χ4n) is 9.76. The Morgan fingerprint density at radius 3 is 1.16 bits per heavy atom. The van der Waals surface area contributed by atoms with Gasteiger partial charge >= 0.3 is 20.1 Å². The monoisotopic (exact) mass is 1110 g/mol. The summed E-state index contributed by atoms with van der Waals surface area (Å²) in [5, 5.41) is 0. The van der Waals surface area contributed by atoms with Crippen LogP contribution >= 0.6 is 0 Å². The summed E-state index contributed by atoms with van der Waals surface area (Å²) in [5.41, 5.74) is 21.6. The van der Waals surface area contributed by atoms with E-state index >= 15 is 0 Å². The van der Waals surface area contributed by atoms with E-state index in [1.54, 1.807) is 0 Å². The number of aromatic nitrogens is 5. The number of benzene rings is 9. The average Bonchev–Trinajstić information content (AvgIpc) is 4.10. The molecular formula is C67H46IrN5.